The minimum Gasteiger partial charge on any atom is -0.487 e. The predicted molar refractivity (Wildman–Crippen MR) is 131 cm³/mol. The van der Waals surface area contributed by atoms with E-state index >= 15 is 0 Å². The summed E-state index contributed by atoms with van der Waals surface area (Å²) in [5.74, 6) is 0.158. The summed E-state index contributed by atoms with van der Waals surface area (Å²) in [7, 11) is 0. The largest absolute Gasteiger partial charge is 0.487 e. The van der Waals surface area contributed by atoms with Crippen molar-refractivity contribution in [2.75, 3.05) is 0 Å². The number of benzene rings is 3. The fraction of sp³-hybridized carbons (Fsp3) is 0.0690. The first-order valence-electron chi connectivity index (χ1n) is 11.1. The van der Waals surface area contributed by atoms with Gasteiger partial charge in [-0.3, -0.25) is 14.8 Å². The summed E-state index contributed by atoms with van der Waals surface area (Å²) in [4.78, 5) is 21.8. The van der Waals surface area contributed by atoms with E-state index in [2.05, 4.69) is 9.97 Å². The molecule has 0 saturated carbocycles. The first-order valence-corrected chi connectivity index (χ1v) is 11.1. The van der Waals surface area contributed by atoms with Gasteiger partial charge < -0.3 is 4.74 Å². The number of fused-ring (bicyclic) bond motifs is 1. The summed E-state index contributed by atoms with van der Waals surface area (Å²) >= 11 is 0. The van der Waals surface area contributed by atoms with Crippen LogP contribution in [-0.2, 0) is 12.8 Å². The number of nitrogens with zero attached hydrogens (tertiary/aromatic N) is 2. The topological polar surface area (TPSA) is 52.1 Å². The van der Waals surface area contributed by atoms with E-state index in [0.29, 0.717) is 22.4 Å². The number of halogens is 3. The number of pyridine rings is 2. The number of ether oxygens (including phenoxy) is 1. The molecule has 4 nitrogen and oxygen atoms in total. The molecule has 0 amide bonds. The van der Waals surface area contributed by atoms with Crippen LogP contribution in [-0.4, -0.2) is 15.8 Å². The second-order valence-electron chi connectivity index (χ2n) is 8.08. The summed E-state index contributed by atoms with van der Waals surface area (Å²) in [6, 6.07) is 24.9. The van der Waals surface area contributed by atoms with Gasteiger partial charge in [-0.1, -0.05) is 60.7 Å². The summed E-state index contributed by atoms with van der Waals surface area (Å²) in [5.41, 5.74) is 1.17. The van der Waals surface area contributed by atoms with Crippen LogP contribution in [0.2, 0.25) is 0 Å². The highest BCUT2D eigenvalue weighted by Crippen LogP contribution is 2.39. The first kappa shape index (κ1) is 23.2. The van der Waals surface area contributed by atoms with E-state index in [1.165, 1.54) is 12.3 Å². The van der Waals surface area contributed by atoms with Gasteiger partial charge in [0.2, 0.25) is 0 Å². The predicted octanol–water partition coefficient (Wildman–Crippen LogP) is 7.13. The zero-order chi connectivity index (χ0) is 25.1. The molecular formula is C29H19F3N2O2. The third-order valence-corrected chi connectivity index (χ3v) is 5.72. The maximum absolute atomic E-state index is 13.8. The molecule has 0 aliphatic heterocycles. The van der Waals surface area contributed by atoms with Crippen molar-refractivity contribution < 1.29 is 22.7 Å². The van der Waals surface area contributed by atoms with Crippen LogP contribution in [0.3, 0.4) is 0 Å². The number of carbonyl (C=O) groups is 1. The lowest BCUT2D eigenvalue weighted by Gasteiger charge is -2.16. The van der Waals surface area contributed by atoms with Crippen LogP contribution in [0.1, 0.15) is 27.2 Å². The minimum absolute atomic E-state index is 0.204. The Balaban J connectivity index is 1.67. The number of alkyl halides is 3. The maximum atomic E-state index is 13.8. The van der Waals surface area contributed by atoms with Gasteiger partial charge in [0.1, 0.15) is 12.4 Å². The van der Waals surface area contributed by atoms with E-state index in [-0.39, 0.29) is 28.9 Å². The van der Waals surface area contributed by atoms with E-state index in [0.717, 1.165) is 11.8 Å². The average molecular weight is 484 g/mol. The maximum Gasteiger partial charge on any atom is 0.418 e. The SMILES string of the molecule is O=C(c1ccccc1)c1cnc2c(C(F)(F)F)cccc2c1-c1cccc(OCc2ccccn2)c1. The molecular weight excluding hydrogens is 465 g/mol. The Morgan fingerprint density at radius 1 is 0.833 bits per heavy atom. The average Bonchev–Trinajstić information content (AvgIpc) is 2.91. The van der Waals surface area contributed by atoms with Gasteiger partial charge >= 0.3 is 6.18 Å². The highest BCUT2D eigenvalue weighted by molar-refractivity contribution is 6.16. The highest BCUT2D eigenvalue weighted by Gasteiger charge is 2.34. The Labute approximate surface area is 205 Å². The molecule has 36 heavy (non-hydrogen) atoms. The van der Waals surface area contributed by atoms with Gasteiger partial charge in [0.15, 0.2) is 5.78 Å². The van der Waals surface area contributed by atoms with E-state index < -0.39 is 11.7 Å². The molecule has 3 aromatic carbocycles. The van der Waals surface area contributed by atoms with Gasteiger partial charge in [0.05, 0.1) is 16.8 Å². The summed E-state index contributed by atoms with van der Waals surface area (Å²) < 4.78 is 47.2. The molecule has 5 aromatic rings. The summed E-state index contributed by atoms with van der Waals surface area (Å²) in [6.07, 6.45) is -1.70. The zero-order valence-corrected chi connectivity index (χ0v) is 18.9. The zero-order valence-electron chi connectivity index (χ0n) is 18.9. The van der Waals surface area contributed by atoms with Gasteiger partial charge in [-0.05, 0) is 35.9 Å². The van der Waals surface area contributed by atoms with Crippen molar-refractivity contribution >= 4 is 16.7 Å². The molecule has 0 aliphatic rings. The van der Waals surface area contributed by atoms with Crippen LogP contribution in [0.15, 0.2) is 103 Å². The number of rotatable bonds is 6. The van der Waals surface area contributed by atoms with Gasteiger partial charge in [0, 0.05) is 34.5 Å². The number of carbonyl (C=O) groups excluding carboxylic acids is 1. The van der Waals surface area contributed by atoms with Crippen LogP contribution >= 0.6 is 0 Å². The molecule has 7 heteroatoms. The second kappa shape index (κ2) is 9.62. The Kier molecular flexibility index (Phi) is 6.21. The molecule has 0 unspecified atom stereocenters. The Morgan fingerprint density at radius 3 is 2.36 bits per heavy atom. The van der Waals surface area contributed by atoms with E-state index in [9.17, 15) is 18.0 Å². The normalized spacial score (nSPS) is 11.4. The Bertz CT molecular complexity index is 1540. The molecule has 2 aromatic heterocycles. The first-order chi connectivity index (χ1) is 17.4. The fourth-order valence-electron chi connectivity index (χ4n) is 4.06. The highest BCUT2D eigenvalue weighted by atomic mass is 19.4. The second-order valence-corrected chi connectivity index (χ2v) is 8.08. The number of hydrogen-bond acceptors (Lipinski definition) is 4. The van der Waals surface area contributed by atoms with E-state index in [4.69, 9.17) is 4.74 Å². The molecule has 2 heterocycles. The van der Waals surface area contributed by atoms with Crippen molar-refractivity contribution in [3.8, 4) is 16.9 Å². The molecule has 0 saturated heterocycles. The van der Waals surface area contributed by atoms with Crippen LogP contribution in [0.25, 0.3) is 22.0 Å². The molecule has 0 spiro atoms. The summed E-state index contributed by atoms with van der Waals surface area (Å²) in [5, 5.41) is 0.230. The monoisotopic (exact) mass is 484 g/mol. The van der Waals surface area contributed by atoms with Gasteiger partial charge in [0.25, 0.3) is 0 Å². The van der Waals surface area contributed by atoms with Crippen molar-refractivity contribution in [1.82, 2.24) is 9.97 Å². The summed E-state index contributed by atoms with van der Waals surface area (Å²) in [6.45, 7) is 0.218. The molecule has 0 atom stereocenters. The molecule has 0 aliphatic carbocycles. The molecule has 0 bridgehead atoms. The van der Waals surface area contributed by atoms with Crippen LogP contribution < -0.4 is 4.74 Å². The van der Waals surface area contributed by atoms with Crippen LogP contribution in [0, 0.1) is 0 Å². The fourth-order valence-corrected chi connectivity index (χ4v) is 4.06. The van der Waals surface area contributed by atoms with Crippen molar-refractivity contribution in [2.24, 2.45) is 0 Å². The van der Waals surface area contributed by atoms with Crippen molar-refractivity contribution in [3.63, 3.8) is 0 Å². The smallest absolute Gasteiger partial charge is 0.418 e. The molecule has 0 radical (unpaired) electrons. The Hall–Kier alpha value is -4.52. The Morgan fingerprint density at radius 2 is 1.61 bits per heavy atom. The molecule has 5 rings (SSSR count). The number of hydrogen-bond donors (Lipinski definition) is 0. The van der Waals surface area contributed by atoms with Crippen molar-refractivity contribution in [1.29, 1.82) is 0 Å². The van der Waals surface area contributed by atoms with Gasteiger partial charge in [-0.2, -0.15) is 13.2 Å². The lowest BCUT2D eigenvalue weighted by Crippen LogP contribution is -2.09. The number of aromatic nitrogens is 2. The standard InChI is InChI=1S/C29H19F3N2O2/c30-29(31,32)25-14-7-13-23-26(24(17-34-27(23)25)28(35)19-8-2-1-3-9-19)20-10-6-12-22(16-20)36-18-21-11-4-5-15-33-21/h1-17H,18H2. The quantitative estimate of drug-likeness (QED) is 0.241. The molecule has 0 N–H and O–H groups in total. The van der Waals surface area contributed by atoms with Crippen LogP contribution in [0.4, 0.5) is 13.2 Å². The van der Waals surface area contributed by atoms with E-state index in [1.807, 2.05) is 12.1 Å². The third kappa shape index (κ3) is 4.68. The lowest BCUT2D eigenvalue weighted by atomic mass is 9.91. The van der Waals surface area contributed by atoms with E-state index in [1.54, 1.807) is 72.9 Å². The van der Waals surface area contributed by atoms with Gasteiger partial charge in [-0.25, -0.2) is 0 Å². The van der Waals surface area contributed by atoms with Crippen molar-refractivity contribution in [3.05, 3.63) is 126 Å². The van der Waals surface area contributed by atoms with Crippen LogP contribution in [0.5, 0.6) is 5.75 Å². The lowest BCUT2D eigenvalue weighted by molar-refractivity contribution is -0.136. The minimum atomic E-state index is -4.59. The molecule has 178 valence electrons. The van der Waals surface area contributed by atoms with Crippen molar-refractivity contribution in [2.45, 2.75) is 12.8 Å². The number of para-hydroxylation sites is 1. The number of ketones is 1. The third-order valence-electron chi connectivity index (χ3n) is 5.72. The molecule has 0 fully saturated rings. The van der Waals surface area contributed by atoms with Gasteiger partial charge in [-0.15, -0.1) is 0 Å².